The zero-order chi connectivity index (χ0) is 21.4. The monoisotopic (exact) mass is 426 g/mol. The van der Waals surface area contributed by atoms with Crippen LogP contribution in [-0.2, 0) is 14.4 Å². The molecule has 3 N–H and O–H groups in total. The van der Waals surface area contributed by atoms with E-state index < -0.39 is 29.7 Å². The van der Waals surface area contributed by atoms with Gasteiger partial charge in [0.25, 0.3) is 11.8 Å². The van der Waals surface area contributed by atoms with Crippen molar-refractivity contribution in [2.24, 2.45) is 0 Å². The molecule has 30 heavy (non-hydrogen) atoms. The Labute approximate surface area is 175 Å². The smallest absolute Gasteiger partial charge is 0.264 e. The van der Waals surface area contributed by atoms with Crippen molar-refractivity contribution in [2.75, 3.05) is 17.2 Å². The number of imide groups is 2. The fourth-order valence-electron chi connectivity index (χ4n) is 3.55. The van der Waals surface area contributed by atoms with Crippen LogP contribution in [0.25, 0.3) is 0 Å². The number of nitrogens with zero attached hydrogens (tertiary/aromatic N) is 1. The molecule has 1 aromatic carbocycles. The quantitative estimate of drug-likeness (QED) is 0.623. The molecule has 0 radical (unpaired) electrons. The van der Waals surface area contributed by atoms with Crippen molar-refractivity contribution in [3.8, 4) is 0 Å². The summed E-state index contributed by atoms with van der Waals surface area (Å²) >= 11 is 1.52. The molecule has 2 aliphatic rings. The highest BCUT2D eigenvalue weighted by Gasteiger charge is 2.45. The average Bonchev–Trinajstić information content (AvgIpc) is 3.22. The highest BCUT2D eigenvalue weighted by Crippen LogP contribution is 2.32. The molecule has 0 spiro atoms. The van der Waals surface area contributed by atoms with Gasteiger partial charge in [-0.25, -0.2) is 0 Å². The number of benzene rings is 1. The highest BCUT2D eigenvalue weighted by molar-refractivity contribution is 7.10. The van der Waals surface area contributed by atoms with E-state index in [1.807, 2.05) is 12.3 Å². The van der Waals surface area contributed by atoms with E-state index in [-0.39, 0.29) is 36.4 Å². The lowest BCUT2D eigenvalue weighted by molar-refractivity contribution is -0.136. The van der Waals surface area contributed by atoms with Crippen LogP contribution >= 0.6 is 11.3 Å². The van der Waals surface area contributed by atoms with Crippen LogP contribution in [0.3, 0.4) is 0 Å². The lowest BCUT2D eigenvalue weighted by Crippen LogP contribution is -2.54. The van der Waals surface area contributed by atoms with Gasteiger partial charge < -0.3 is 10.6 Å². The van der Waals surface area contributed by atoms with Gasteiger partial charge in [0, 0.05) is 17.0 Å². The fourth-order valence-corrected chi connectivity index (χ4v) is 4.20. The van der Waals surface area contributed by atoms with Crippen molar-refractivity contribution in [3.05, 3.63) is 45.6 Å². The molecule has 2 aliphatic heterocycles. The number of hydrogen-bond acceptors (Lipinski definition) is 7. The summed E-state index contributed by atoms with van der Waals surface area (Å²) in [5.74, 6) is -2.61. The normalized spacial score (nSPS) is 18.3. The Hall–Kier alpha value is -3.53. The molecule has 9 nitrogen and oxygen atoms in total. The molecule has 0 aliphatic carbocycles. The second-order valence-electron chi connectivity index (χ2n) is 6.97. The molecule has 1 saturated heterocycles. The van der Waals surface area contributed by atoms with E-state index >= 15 is 0 Å². The van der Waals surface area contributed by atoms with Crippen molar-refractivity contribution in [1.29, 1.82) is 0 Å². The van der Waals surface area contributed by atoms with E-state index in [2.05, 4.69) is 16.0 Å². The molecule has 0 saturated carbocycles. The van der Waals surface area contributed by atoms with Gasteiger partial charge in [-0.05, 0) is 36.9 Å². The summed E-state index contributed by atoms with van der Waals surface area (Å²) < 4.78 is 0. The van der Waals surface area contributed by atoms with Crippen LogP contribution in [0, 0.1) is 6.92 Å². The third kappa shape index (κ3) is 3.45. The largest absolute Gasteiger partial charge is 0.375 e. The Bertz CT molecular complexity index is 1090. The Kier molecular flexibility index (Phi) is 5.08. The van der Waals surface area contributed by atoms with E-state index in [1.54, 1.807) is 18.2 Å². The van der Waals surface area contributed by atoms with E-state index in [4.69, 9.17) is 0 Å². The Morgan fingerprint density at radius 3 is 2.67 bits per heavy atom. The van der Waals surface area contributed by atoms with E-state index in [0.717, 1.165) is 15.5 Å². The number of thiophene rings is 1. The first kappa shape index (κ1) is 19.8. The number of carbonyl (C=O) groups is 5. The molecular formula is C20H18N4O5S. The van der Waals surface area contributed by atoms with Gasteiger partial charge in [-0.1, -0.05) is 6.07 Å². The van der Waals surface area contributed by atoms with Gasteiger partial charge in [0.15, 0.2) is 0 Å². The first-order valence-electron chi connectivity index (χ1n) is 9.29. The van der Waals surface area contributed by atoms with Crippen LogP contribution in [-0.4, -0.2) is 47.0 Å². The summed E-state index contributed by atoms with van der Waals surface area (Å²) in [6.07, 6.45) is 0.137. The molecular weight excluding hydrogens is 408 g/mol. The summed E-state index contributed by atoms with van der Waals surface area (Å²) in [6, 6.07) is 5.47. The number of hydrogen-bond donors (Lipinski definition) is 3. The van der Waals surface area contributed by atoms with Gasteiger partial charge >= 0.3 is 0 Å². The SMILES string of the molecule is Cc1sccc1NC(=O)CNc1cccc2c1C(=O)N(C1CCC(=O)NC1=O)C2=O. The summed E-state index contributed by atoms with van der Waals surface area (Å²) in [4.78, 5) is 63.5. The van der Waals surface area contributed by atoms with Crippen molar-refractivity contribution in [2.45, 2.75) is 25.8 Å². The van der Waals surface area contributed by atoms with Crippen LogP contribution in [0.2, 0.25) is 0 Å². The van der Waals surface area contributed by atoms with E-state index in [0.29, 0.717) is 5.69 Å². The molecule has 154 valence electrons. The second kappa shape index (κ2) is 7.71. The molecule has 1 aromatic heterocycles. The average molecular weight is 426 g/mol. The molecule has 2 aromatic rings. The van der Waals surface area contributed by atoms with Crippen LogP contribution in [0.1, 0.15) is 38.4 Å². The van der Waals surface area contributed by atoms with Crippen molar-refractivity contribution < 1.29 is 24.0 Å². The number of fused-ring (bicyclic) bond motifs is 1. The molecule has 1 fully saturated rings. The number of carbonyl (C=O) groups excluding carboxylic acids is 5. The number of aryl methyl sites for hydroxylation is 1. The molecule has 4 rings (SSSR count). The zero-order valence-corrected chi connectivity index (χ0v) is 16.8. The Morgan fingerprint density at radius 2 is 1.97 bits per heavy atom. The first-order valence-corrected chi connectivity index (χ1v) is 10.2. The molecule has 0 bridgehead atoms. The van der Waals surface area contributed by atoms with Crippen molar-refractivity contribution in [1.82, 2.24) is 10.2 Å². The predicted molar refractivity (Wildman–Crippen MR) is 109 cm³/mol. The number of nitrogens with one attached hydrogen (secondary N) is 3. The number of rotatable bonds is 5. The fraction of sp³-hybridized carbons (Fsp3) is 0.250. The maximum absolute atomic E-state index is 13.0. The number of piperidine rings is 1. The third-order valence-corrected chi connectivity index (χ3v) is 5.89. The van der Waals surface area contributed by atoms with Gasteiger partial charge in [-0.3, -0.25) is 34.2 Å². The standard InChI is InChI=1S/C20H18N4O5S/c1-10-12(7-8-30-10)22-16(26)9-21-13-4-2-3-11-17(13)20(29)24(19(11)28)14-5-6-15(25)23-18(14)27/h2-4,7-8,14,21H,5-6,9H2,1H3,(H,22,26)(H,23,25,27). The van der Waals surface area contributed by atoms with Gasteiger partial charge in [0.1, 0.15) is 6.04 Å². The lowest BCUT2D eigenvalue weighted by Gasteiger charge is -2.27. The summed E-state index contributed by atoms with van der Waals surface area (Å²) in [5, 5.41) is 9.72. The van der Waals surface area contributed by atoms with Gasteiger partial charge in [0.2, 0.25) is 17.7 Å². The Balaban J connectivity index is 1.51. The van der Waals surface area contributed by atoms with Crippen LogP contribution in [0.5, 0.6) is 0 Å². The number of amides is 5. The first-order chi connectivity index (χ1) is 14.4. The third-order valence-electron chi connectivity index (χ3n) is 5.04. The maximum Gasteiger partial charge on any atom is 0.264 e. The minimum absolute atomic E-state index is 0.0527. The molecule has 1 unspecified atom stereocenters. The predicted octanol–water partition coefficient (Wildman–Crippen LogP) is 1.51. The van der Waals surface area contributed by atoms with Crippen LogP contribution < -0.4 is 16.0 Å². The zero-order valence-electron chi connectivity index (χ0n) is 16.0. The van der Waals surface area contributed by atoms with Gasteiger partial charge in [-0.15, -0.1) is 11.3 Å². The summed E-state index contributed by atoms with van der Waals surface area (Å²) in [6.45, 7) is 1.79. The minimum Gasteiger partial charge on any atom is -0.375 e. The number of anilines is 2. The van der Waals surface area contributed by atoms with Crippen molar-refractivity contribution in [3.63, 3.8) is 0 Å². The van der Waals surface area contributed by atoms with Crippen LogP contribution in [0.4, 0.5) is 11.4 Å². The highest BCUT2D eigenvalue weighted by atomic mass is 32.1. The van der Waals surface area contributed by atoms with E-state index in [9.17, 15) is 24.0 Å². The second-order valence-corrected chi connectivity index (χ2v) is 8.09. The van der Waals surface area contributed by atoms with Gasteiger partial charge in [-0.2, -0.15) is 0 Å². The molecule has 10 heteroatoms. The maximum atomic E-state index is 13.0. The molecule has 5 amide bonds. The minimum atomic E-state index is -1.03. The molecule has 1 atom stereocenters. The van der Waals surface area contributed by atoms with Crippen molar-refractivity contribution >= 4 is 52.2 Å². The van der Waals surface area contributed by atoms with Gasteiger partial charge in [0.05, 0.1) is 23.4 Å². The Morgan fingerprint density at radius 1 is 1.17 bits per heavy atom. The summed E-state index contributed by atoms with van der Waals surface area (Å²) in [5.41, 5.74) is 1.33. The summed E-state index contributed by atoms with van der Waals surface area (Å²) in [7, 11) is 0. The topological polar surface area (TPSA) is 125 Å². The van der Waals surface area contributed by atoms with Crippen LogP contribution in [0.15, 0.2) is 29.6 Å². The van der Waals surface area contributed by atoms with E-state index in [1.165, 1.54) is 17.4 Å². The lowest BCUT2D eigenvalue weighted by atomic mass is 10.0. The molecule has 3 heterocycles.